The Morgan fingerprint density at radius 3 is 2.35 bits per heavy atom. The van der Waals surface area contributed by atoms with Crippen LogP contribution in [0.3, 0.4) is 0 Å². The van der Waals surface area contributed by atoms with Crippen molar-refractivity contribution in [3.8, 4) is 12.3 Å². The summed E-state index contributed by atoms with van der Waals surface area (Å²) in [6, 6.07) is 0. The Morgan fingerprint density at radius 2 is 1.82 bits per heavy atom. The van der Waals surface area contributed by atoms with Crippen molar-refractivity contribution in [3.05, 3.63) is 0 Å². The maximum atomic E-state index is 5.28. The number of nitrogens with zero attached hydrogens (tertiary/aromatic N) is 2. The molecule has 100 valence electrons. The number of terminal acetylenes is 1. The summed E-state index contributed by atoms with van der Waals surface area (Å²) < 4.78 is 0. The van der Waals surface area contributed by atoms with Gasteiger partial charge in [0.1, 0.15) is 0 Å². The highest BCUT2D eigenvalue weighted by Gasteiger charge is 2.15. The molecule has 0 aromatic rings. The Balaban J connectivity index is 3.95. The van der Waals surface area contributed by atoms with Crippen LogP contribution in [0.25, 0.3) is 0 Å². The van der Waals surface area contributed by atoms with Crippen LogP contribution in [0.2, 0.25) is 0 Å². The van der Waals surface area contributed by atoms with Gasteiger partial charge < -0.3 is 0 Å². The van der Waals surface area contributed by atoms with Crippen molar-refractivity contribution in [2.24, 2.45) is 0 Å². The van der Waals surface area contributed by atoms with Crippen molar-refractivity contribution in [3.63, 3.8) is 0 Å². The van der Waals surface area contributed by atoms with Gasteiger partial charge in [0, 0.05) is 13.0 Å². The molecule has 2 nitrogen and oxygen atoms in total. The molecule has 0 aromatic heterocycles. The number of hydrogen-bond donors (Lipinski definition) is 0. The highest BCUT2D eigenvalue weighted by molar-refractivity contribution is 4.83. The van der Waals surface area contributed by atoms with Crippen LogP contribution in [0.5, 0.6) is 0 Å². The lowest BCUT2D eigenvalue weighted by Gasteiger charge is -2.34. The molecule has 0 aromatic carbocycles. The number of unbranched alkanes of at least 4 members (excludes halogenated alkanes) is 3. The van der Waals surface area contributed by atoms with Crippen LogP contribution < -0.4 is 0 Å². The van der Waals surface area contributed by atoms with Gasteiger partial charge in [-0.1, -0.05) is 26.7 Å². The van der Waals surface area contributed by atoms with E-state index in [-0.39, 0.29) is 0 Å². The Morgan fingerprint density at radius 1 is 1.12 bits per heavy atom. The zero-order valence-corrected chi connectivity index (χ0v) is 12.2. The third kappa shape index (κ3) is 7.41. The molecule has 2 heteroatoms. The molecule has 0 rings (SSSR count). The van der Waals surface area contributed by atoms with Crippen molar-refractivity contribution in [1.82, 2.24) is 9.80 Å². The predicted octanol–water partition coefficient (Wildman–Crippen LogP) is 3.19. The summed E-state index contributed by atoms with van der Waals surface area (Å²) in [5, 5.41) is 0. The van der Waals surface area contributed by atoms with Gasteiger partial charge in [-0.2, -0.15) is 0 Å². The molecule has 0 bridgehead atoms. The molecule has 0 radical (unpaired) electrons. The van der Waals surface area contributed by atoms with Gasteiger partial charge in [0.2, 0.25) is 0 Å². The smallest absolute Gasteiger partial charge is 0.0590 e. The minimum absolute atomic E-state index is 0.523. The Kier molecular flexibility index (Phi) is 10.3. The Hall–Kier alpha value is -0.520. The lowest BCUT2D eigenvalue weighted by molar-refractivity contribution is 0.0769. The van der Waals surface area contributed by atoms with E-state index in [1.807, 2.05) is 0 Å². The van der Waals surface area contributed by atoms with Crippen molar-refractivity contribution in [2.75, 3.05) is 26.7 Å². The van der Waals surface area contributed by atoms with E-state index >= 15 is 0 Å². The summed E-state index contributed by atoms with van der Waals surface area (Å²) in [4.78, 5) is 4.96. The normalized spacial score (nSPS) is 13.0. The van der Waals surface area contributed by atoms with Crippen LogP contribution in [0.15, 0.2) is 0 Å². The fraction of sp³-hybridized carbons (Fsp3) is 0.867. The Bertz CT molecular complexity index is 207. The fourth-order valence-corrected chi connectivity index (χ4v) is 2.07. The topological polar surface area (TPSA) is 6.48 Å². The highest BCUT2D eigenvalue weighted by Crippen LogP contribution is 2.07. The molecule has 0 aliphatic carbocycles. The molecule has 1 unspecified atom stereocenters. The summed E-state index contributed by atoms with van der Waals surface area (Å²) in [5.41, 5.74) is 0. The van der Waals surface area contributed by atoms with Gasteiger partial charge in [-0.15, -0.1) is 12.3 Å². The molecule has 0 aliphatic heterocycles. The fourth-order valence-electron chi connectivity index (χ4n) is 2.07. The van der Waals surface area contributed by atoms with Crippen LogP contribution >= 0.6 is 0 Å². The van der Waals surface area contributed by atoms with Gasteiger partial charge in [0.05, 0.1) is 6.17 Å². The van der Waals surface area contributed by atoms with E-state index in [2.05, 4.69) is 43.5 Å². The second-order valence-corrected chi connectivity index (χ2v) is 4.76. The van der Waals surface area contributed by atoms with Gasteiger partial charge in [-0.3, -0.25) is 9.80 Å². The molecular formula is C15H30N2. The predicted molar refractivity (Wildman–Crippen MR) is 76.9 cm³/mol. The quantitative estimate of drug-likeness (QED) is 0.328. The third-order valence-electron chi connectivity index (χ3n) is 3.45. The number of rotatable bonds is 10. The first-order valence-electron chi connectivity index (χ1n) is 7.05. The van der Waals surface area contributed by atoms with E-state index in [1.165, 1.54) is 25.8 Å². The van der Waals surface area contributed by atoms with Crippen LogP contribution in [-0.4, -0.2) is 42.6 Å². The first-order valence-corrected chi connectivity index (χ1v) is 7.05. The van der Waals surface area contributed by atoms with Crippen LogP contribution in [-0.2, 0) is 0 Å². The SMILES string of the molecule is C#CCCCN(C)C(C)N(CC)CCCCC. The van der Waals surface area contributed by atoms with E-state index in [1.54, 1.807) is 0 Å². The molecular weight excluding hydrogens is 208 g/mol. The van der Waals surface area contributed by atoms with E-state index in [9.17, 15) is 0 Å². The van der Waals surface area contributed by atoms with E-state index in [0.29, 0.717) is 6.17 Å². The van der Waals surface area contributed by atoms with Crippen LogP contribution in [0.1, 0.15) is 52.9 Å². The molecule has 1 atom stereocenters. The van der Waals surface area contributed by atoms with Gasteiger partial charge in [0.15, 0.2) is 0 Å². The monoisotopic (exact) mass is 238 g/mol. The number of hydrogen-bond acceptors (Lipinski definition) is 2. The van der Waals surface area contributed by atoms with Crippen molar-refractivity contribution in [1.29, 1.82) is 0 Å². The Labute approximate surface area is 108 Å². The largest absolute Gasteiger partial charge is 0.291 e. The van der Waals surface area contributed by atoms with E-state index in [4.69, 9.17) is 6.42 Å². The molecule has 0 aliphatic rings. The summed E-state index contributed by atoms with van der Waals surface area (Å²) in [6.07, 6.45) is 11.7. The van der Waals surface area contributed by atoms with Gasteiger partial charge >= 0.3 is 0 Å². The standard InChI is InChI=1S/C15H30N2/c1-6-9-11-13-16(5)15(4)17(8-3)14-12-10-7-2/h1,15H,7-14H2,2-5H3. The molecule has 0 saturated carbocycles. The summed E-state index contributed by atoms with van der Waals surface area (Å²) >= 11 is 0. The first-order chi connectivity index (χ1) is 8.17. The lowest BCUT2D eigenvalue weighted by Crippen LogP contribution is -2.45. The van der Waals surface area contributed by atoms with Crippen molar-refractivity contribution < 1.29 is 0 Å². The summed E-state index contributed by atoms with van der Waals surface area (Å²) in [7, 11) is 2.20. The zero-order valence-electron chi connectivity index (χ0n) is 12.2. The molecule has 0 spiro atoms. The second-order valence-electron chi connectivity index (χ2n) is 4.76. The van der Waals surface area contributed by atoms with Crippen molar-refractivity contribution >= 4 is 0 Å². The molecule has 0 amide bonds. The maximum absolute atomic E-state index is 5.28. The van der Waals surface area contributed by atoms with E-state index in [0.717, 1.165) is 25.9 Å². The summed E-state index contributed by atoms with van der Waals surface area (Å²) in [6.45, 7) is 10.2. The van der Waals surface area contributed by atoms with Gasteiger partial charge in [-0.05, 0) is 39.9 Å². The summed E-state index contributed by atoms with van der Waals surface area (Å²) in [5.74, 6) is 2.71. The van der Waals surface area contributed by atoms with E-state index < -0.39 is 0 Å². The first kappa shape index (κ1) is 16.5. The second kappa shape index (κ2) is 10.6. The maximum Gasteiger partial charge on any atom is 0.0590 e. The van der Waals surface area contributed by atoms with Crippen LogP contribution in [0, 0.1) is 12.3 Å². The minimum Gasteiger partial charge on any atom is -0.291 e. The molecule has 17 heavy (non-hydrogen) atoms. The van der Waals surface area contributed by atoms with Crippen LogP contribution in [0.4, 0.5) is 0 Å². The average Bonchev–Trinajstić information content (AvgIpc) is 2.34. The van der Waals surface area contributed by atoms with Gasteiger partial charge in [-0.25, -0.2) is 0 Å². The molecule has 0 saturated heterocycles. The third-order valence-corrected chi connectivity index (χ3v) is 3.45. The zero-order chi connectivity index (χ0) is 13.1. The molecule has 0 N–H and O–H groups in total. The van der Waals surface area contributed by atoms with Crippen molar-refractivity contribution in [2.45, 2.75) is 59.0 Å². The lowest BCUT2D eigenvalue weighted by atomic mass is 10.2. The van der Waals surface area contributed by atoms with Gasteiger partial charge in [0.25, 0.3) is 0 Å². The molecule has 0 fully saturated rings. The molecule has 0 heterocycles. The average molecular weight is 238 g/mol. The highest BCUT2D eigenvalue weighted by atomic mass is 15.3. The minimum atomic E-state index is 0.523.